The molecule has 1 saturated carbocycles. The Kier molecular flexibility index (Phi) is 4.56. The lowest BCUT2D eigenvalue weighted by molar-refractivity contribution is 0.339. The smallest absolute Gasteiger partial charge is 0.178 e. The van der Waals surface area contributed by atoms with Crippen LogP contribution < -0.4 is 4.90 Å². The van der Waals surface area contributed by atoms with Crippen molar-refractivity contribution in [2.24, 2.45) is 5.92 Å². The second-order valence-electron chi connectivity index (χ2n) is 5.21. The van der Waals surface area contributed by atoms with Gasteiger partial charge in [-0.15, -0.1) is 0 Å². The summed E-state index contributed by atoms with van der Waals surface area (Å²) in [6.45, 7) is 2.70. The first-order valence-electron chi connectivity index (χ1n) is 6.60. The van der Waals surface area contributed by atoms with Gasteiger partial charge >= 0.3 is 0 Å². The molecule has 1 aliphatic carbocycles. The Morgan fingerprint density at radius 1 is 1.26 bits per heavy atom. The van der Waals surface area contributed by atoms with E-state index in [2.05, 4.69) is 27.9 Å². The average Bonchev–Trinajstić information content (AvgIpc) is 2.37. The lowest BCUT2D eigenvalue weighted by Gasteiger charge is -2.35. The molecular weight excluding hydrogens is 326 g/mol. The summed E-state index contributed by atoms with van der Waals surface area (Å²) >= 11 is 3.60. The largest absolute Gasteiger partial charge is 0.374 e. The van der Waals surface area contributed by atoms with E-state index in [4.69, 9.17) is 0 Å². The molecule has 1 fully saturated rings. The molecule has 5 heteroatoms. The molecule has 0 spiro atoms. The third-order valence-corrected chi connectivity index (χ3v) is 6.23. The molecule has 0 aliphatic heterocycles. The van der Waals surface area contributed by atoms with Crippen LogP contribution in [-0.2, 0) is 9.84 Å². The molecule has 0 radical (unpaired) electrons. The Morgan fingerprint density at radius 3 is 2.32 bits per heavy atom. The van der Waals surface area contributed by atoms with Gasteiger partial charge in [0.2, 0.25) is 0 Å². The van der Waals surface area contributed by atoms with Gasteiger partial charge in [0.1, 0.15) is 0 Å². The molecule has 1 aliphatic rings. The zero-order chi connectivity index (χ0) is 14.0. The molecule has 106 valence electrons. The van der Waals surface area contributed by atoms with Gasteiger partial charge in [-0.25, -0.2) is 8.42 Å². The molecule has 1 aromatic carbocycles. The van der Waals surface area contributed by atoms with Gasteiger partial charge in [0, 0.05) is 24.1 Å². The van der Waals surface area contributed by atoms with E-state index >= 15 is 0 Å². The fourth-order valence-electron chi connectivity index (χ4n) is 2.37. The fourth-order valence-corrected chi connectivity index (χ4v) is 4.31. The molecule has 0 saturated heterocycles. The zero-order valence-electron chi connectivity index (χ0n) is 11.3. The normalized spacial score (nSPS) is 22.9. The Bertz CT molecular complexity index is 521. The standard InChI is InChI=1S/C14H20BrNO2S/c1-3-19(17,18)14-6-4-13(5-7-14)16(2)10-11-8-12(15)9-11/h4-7,11-12H,3,8-10H2,1-2H3. The van der Waals surface area contributed by atoms with Crippen molar-refractivity contribution in [1.29, 1.82) is 0 Å². The molecule has 0 amide bonds. The number of anilines is 1. The van der Waals surface area contributed by atoms with Crippen LogP contribution in [0.4, 0.5) is 5.69 Å². The number of alkyl halides is 1. The lowest BCUT2D eigenvalue weighted by atomic mass is 9.85. The van der Waals surface area contributed by atoms with Gasteiger partial charge in [0.25, 0.3) is 0 Å². The van der Waals surface area contributed by atoms with Crippen LogP contribution in [0.5, 0.6) is 0 Å². The number of nitrogens with zero attached hydrogens (tertiary/aromatic N) is 1. The van der Waals surface area contributed by atoms with Gasteiger partial charge in [-0.1, -0.05) is 22.9 Å². The Balaban J connectivity index is 2.02. The zero-order valence-corrected chi connectivity index (χ0v) is 13.7. The van der Waals surface area contributed by atoms with Crippen molar-refractivity contribution in [3.8, 4) is 0 Å². The minimum Gasteiger partial charge on any atom is -0.374 e. The summed E-state index contributed by atoms with van der Waals surface area (Å²) in [5, 5.41) is 0. The maximum absolute atomic E-state index is 11.7. The summed E-state index contributed by atoms with van der Waals surface area (Å²) in [6, 6.07) is 7.21. The van der Waals surface area contributed by atoms with Crippen molar-refractivity contribution in [1.82, 2.24) is 0 Å². The quantitative estimate of drug-likeness (QED) is 0.769. The van der Waals surface area contributed by atoms with E-state index in [0.29, 0.717) is 9.72 Å². The molecule has 0 aromatic heterocycles. The van der Waals surface area contributed by atoms with Crippen molar-refractivity contribution in [2.45, 2.75) is 29.5 Å². The molecule has 0 heterocycles. The topological polar surface area (TPSA) is 37.4 Å². The van der Waals surface area contributed by atoms with Gasteiger partial charge in [0.15, 0.2) is 9.84 Å². The summed E-state index contributed by atoms with van der Waals surface area (Å²) in [6.07, 6.45) is 2.46. The lowest BCUT2D eigenvalue weighted by Crippen LogP contribution is -2.34. The second kappa shape index (κ2) is 5.83. The van der Waals surface area contributed by atoms with Crippen LogP contribution in [0.1, 0.15) is 19.8 Å². The third kappa shape index (κ3) is 3.51. The highest BCUT2D eigenvalue weighted by molar-refractivity contribution is 9.09. The number of halogens is 1. The van der Waals surface area contributed by atoms with E-state index in [1.54, 1.807) is 19.1 Å². The summed E-state index contributed by atoms with van der Waals surface area (Å²) < 4.78 is 23.5. The third-order valence-electron chi connectivity index (χ3n) is 3.73. The highest BCUT2D eigenvalue weighted by Crippen LogP contribution is 2.34. The van der Waals surface area contributed by atoms with Crippen LogP contribution in [0, 0.1) is 5.92 Å². The Morgan fingerprint density at radius 2 is 1.84 bits per heavy atom. The van der Waals surface area contributed by atoms with E-state index in [0.717, 1.165) is 18.2 Å². The number of rotatable bonds is 5. The predicted octanol–water partition coefficient (Wildman–Crippen LogP) is 3.09. The SMILES string of the molecule is CCS(=O)(=O)c1ccc(N(C)CC2CC(Br)C2)cc1. The molecule has 1 aromatic rings. The molecular formula is C14H20BrNO2S. The minimum absolute atomic E-state index is 0.150. The van der Waals surface area contributed by atoms with Gasteiger partial charge in [-0.05, 0) is 43.0 Å². The van der Waals surface area contributed by atoms with Gasteiger partial charge in [0.05, 0.1) is 10.6 Å². The van der Waals surface area contributed by atoms with Crippen molar-refractivity contribution in [2.75, 3.05) is 24.2 Å². The summed E-state index contributed by atoms with van der Waals surface area (Å²) in [5.74, 6) is 0.894. The second-order valence-corrected chi connectivity index (χ2v) is 8.79. The maximum atomic E-state index is 11.7. The van der Waals surface area contributed by atoms with Gasteiger partial charge in [-0.2, -0.15) is 0 Å². The molecule has 0 bridgehead atoms. The molecule has 3 nitrogen and oxygen atoms in total. The maximum Gasteiger partial charge on any atom is 0.178 e. The summed E-state index contributed by atoms with van der Waals surface area (Å²) in [5.41, 5.74) is 1.08. The summed E-state index contributed by atoms with van der Waals surface area (Å²) in [4.78, 5) is 3.30. The monoisotopic (exact) mass is 345 g/mol. The number of sulfone groups is 1. The number of hydrogen-bond acceptors (Lipinski definition) is 3. The van der Waals surface area contributed by atoms with Crippen molar-refractivity contribution >= 4 is 31.5 Å². The van der Waals surface area contributed by atoms with Crippen LogP contribution in [-0.4, -0.2) is 32.6 Å². The van der Waals surface area contributed by atoms with Crippen molar-refractivity contribution in [3.05, 3.63) is 24.3 Å². The van der Waals surface area contributed by atoms with E-state index < -0.39 is 9.84 Å². The van der Waals surface area contributed by atoms with Crippen LogP contribution in [0.15, 0.2) is 29.2 Å². The Labute approximate surface area is 124 Å². The van der Waals surface area contributed by atoms with E-state index in [1.807, 2.05) is 12.1 Å². The Hall–Kier alpha value is -0.550. The van der Waals surface area contributed by atoms with E-state index in [1.165, 1.54) is 12.8 Å². The average molecular weight is 346 g/mol. The highest BCUT2D eigenvalue weighted by Gasteiger charge is 2.27. The van der Waals surface area contributed by atoms with Gasteiger partial charge < -0.3 is 4.90 Å². The fraction of sp³-hybridized carbons (Fsp3) is 0.571. The molecule has 0 unspecified atom stereocenters. The van der Waals surface area contributed by atoms with E-state index in [-0.39, 0.29) is 5.75 Å². The van der Waals surface area contributed by atoms with E-state index in [9.17, 15) is 8.42 Å². The number of benzene rings is 1. The number of hydrogen-bond donors (Lipinski definition) is 0. The first-order valence-corrected chi connectivity index (χ1v) is 9.17. The summed E-state index contributed by atoms with van der Waals surface area (Å²) in [7, 11) is -1.03. The predicted molar refractivity (Wildman–Crippen MR) is 82.9 cm³/mol. The van der Waals surface area contributed by atoms with Crippen LogP contribution in [0.25, 0.3) is 0 Å². The minimum atomic E-state index is -3.09. The molecule has 0 atom stereocenters. The van der Waals surface area contributed by atoms with Gasteiger partial charge in [-0.3, -0.25) is 0 Å². The first-order chi connectivity index (χ1) is 8.92. The molecule has 0 N–H and O–H groups in total. The van der Waals surface area contributed by atoms with Crippen LogP contribution in [0.2, 0.25) is 0 Å². The van der Waals surface area contributed by atoms with Crippen LogP contribution in [0.3, 0.4) is 0 Å². The highest BCUT2D eigenvalue weighted by atomic mass is 79.9. The molecule has 19 heavy (non-hydrogen) atoms. The first kappa shape index (κ1) is 14.9. The van der Waals surface area contributed by atoms with Crippen LogP contribution >= 0.6 is 15.9 Å². The van der Waals surface area contributed by atoms with Crippen molar-refractivity contribution in [3.63, 3.8) is 0 Å². The molecule has 2 rings (SSSR count). The van der Waals surface area contributed by atoms with Crippen molar-refractivity contribution < 1.29 is 8.42 Å².